The van der Waals surface area contributed by atoms with Crippen LogP contribution in [0.25, 0.3) is 6.08 Å². The first-order valence-electron chi connectivity index (χ1n) is 9.57. The molecule has 0 N–H and O–H groups in total. The summed E-state index contributed by atoms with van der Waals surface area (Å²) in [6, 6.07) is 23.0. The lowest BCUT2D eigenvalue weighted by atomic mass is 10.1. The first-order valence-corrected chi connectivity index (χ1v) is 9.57. The number of ether oxygens (including phenoxy) is 3. The number of rotatable bonds is 6. The maximum atomic E-state index is 12.2. The van der Waals surface area contributed by atoms with Crippen molar-refractivity contribution in [1.29, 1.82) is 0 Å². The molecule has 0 saturated heterocycles. The number of nitrogens with zero attached hydrogens (tertiary/aromatic N) is 1. The number of methoxy groups -OCH3 is 1. The van der Waals surface area contributed by atoms with E-state index in [0.29, 0.717) is 24.0 Å². The van der Waals surface area contributed by atoms with Gasteiger partial charge in [-0.15, -0.1) is 0 Å². The van der Waals surface area contributed by atoms with Crippen LogP contribution >= 0.6 is 0 Å². The largest absolute Gasteiger partial charge is 0.493 e. The second-order valence-electron chi connectivity index (χ2n) is 6.89. The van der Waals surface area contributed by atoms with E-state index in [1.807, 2.05) is 73.7 Å². The molecule has 0 aliphatic carbocycles. The molecule has 3 aromatic rings. The van der Waals surface area contributed by atoms with Crippen molar-refractivity contribution in [3.63, 3.8) is 0 Å². The van der Waals surface area contributed by atoms with Gasteiger partial charge in [0.1, 0.15) is 6.61 Å². The minimum atomic E-state index is -0.478. The number of cyclic esters (lactones) is 1. The Morgan fingerprint density at radius 3 is 2.47 bits per heavy atom. The second kappa shape index (κ2) is 8.66. The van der Waals surface area contributed by atoms with Crippen molar-refractivity contribution in [3.8, 4) is 11.5 Å². The molecule has 0 atom stereocenters. The van der Waals surface area contributed by atoms with Crippen molar-refractivity contribution >= 4 is 17.9 Å². The zero-order chi connectivity index (χ0) is 20.9. The van der Waals surface area contributed by atoms with Gasteiger partial charge in [0, 0.05) is 5.56 Å². The molecule has 150 valence electrons. The molecule has 5 nitrogen and oxygen atoms in total. The van der Waals surface area contributed by atoms with E-state index in [-0.39, 0.29) is 5.70 Å². The molecule has 1 heterocycles. The number of carbonyl (C=O) groups excluding carboxylic acids is 1. The molecule has 4 rings (SSSR count). The van der Waals surface area contributed by atoms with Crippen LogP contribution in [-0.2, 0) is 16.1 Å². The summed E-state index contributed by atoms with van der Waals surface area (Å²) in [6.07, 6.45) is 1.67. The summed E-state index contributed by atoms with van der Waals surface area (Å²) in [5.74, 6) is 1.03. The van der Waals surface area contributed by atoms with E-state index in [9.17, 15) is 4.79 Å². The fourth-order valence-corrected chi connectivity index (χ4v) is 3.02. The molecule has 0 fully saturated rings. The third kappa shape index (κ3) is 4.41. The zero-order valence-corrected chi connectivity index (χ0v) is 16.8. The van der Waals surface area contributed by atoms with E-state index < -0.39 is 5.97 Å². The number of hydrogen-bond donors (Lipinski definition) is 0. The number of benzene rings is 3. The highest BCUT2D eigenvalue weighted by Gasteiger charge is 2.24. The summed E-state index contributed by atoms with van der Waals surface area (Å²) in [5.41, 5.74) is 3.96. The molecule has 0 aromatic heterocycles. The maximum absolute atomic E-state index is 12.2. The lowest BCUT2D eigenvalue weighted by molar-refractivity contribution is -0.129. The van der Waals surface area contributed by atoms with E-state index in [1.165, 1.54) is 0 Å². The fraction of sp³-hybridized carbons (Fsp3) is 0.120. The molecule has 0 amide bonds. The Hall–Kier alpha value is -3.86. The molecule has 5 heteroatoms. The molecule has 30 heavy (non-hydrogen) atoms. The van der Waals surface area contributed by atoms with Gasteiger partial charge in [0.2, 0.25) is 5.90 Å². The van der Waals surface area contributed by atoms with E-state index >= 15 is 0 Å². The van der Waals surface area contributed by atoms with Crippen molar-refractivity contribution in [3.05, 3.63) is 101 Å². The monoisotopic (exact) mass is 399 g/mol. The van der Waals surface area contributed by atoms with Crippen molar-refractivity contribution in [1.82, 2.24) is 0 Å². The SMILES string of the molecule is COc1cc(/C=C2\N=C(c3ccc(C)cc3)OC2=O)ccc1OCc1ccccc1. The number of carbonyl (C=O) groups is 1. The highest BCUT2D eigenvalue weighted by Crippen LogP contribution is 2.30. The van der Waals surface area contributed by atoms with Crippen LogP contribution in [0.15, 0.2) is 83.5 Å². The average molecular weight is 399 g/mol. The van der Waals surface area contributed by atoms with Crippen molar-refractivity contribution in [2.24, 2.45) is 4.99 Å². The van der Waals surface area contributed by atoms with Gasteiger partial charge in [-0.3, -0.25) is 0 Å². The summed E-state index contributed by atoms with van der Waals surface area (Å²) < 4.78 is 16.7. The van der Waals surface area contributed by atoms with Gasteiger partial charge in [-0.1, -0.05) is 54.1 Å². The summed E-state index contributed by atoms with van der Waals surface area (Å²) in [4.78, 5) is 16.6. The highest BCUT2D eigenvalue weighted by atomic mass is 16.6. The normalized spacial score (nSPS) is 14.4. The summed E-state index contributed by atoms with van der Waals surface area (Å²) >= 11 is 0. The van der Waals surface area contributed by atoms with Gasteiger partial charge in [-0.25, -0.2) is 9.79 Å². The third-order valence-electron chi connectivity index (χ3n) is 4.65. The van der Waals surface area contributed by atoms with Gasteiger partial charge < -0.3 is 14.2 Å². The smallest absolute Gasteiger partial charge is 0.363 e. The molecule has 3 aromatic carbocycles. The van der Waals surface area contributed by atoms with E-state index in [1.54, 1.807) is 19.3 Å². The molecular weight excluding hydrogens is 378 g/mol. The number of aryl methyl sites for hydroxylation is 1. The van der Waals surface area contributed by atoms with Gasteiger partial charge in [0.05, 0.1) is 7.11 Å². The van der Waals surface area contributed by atoms with Crippen LogP contribution in [-0.4, -0.2) is 19.0 Å². The van der Waals surface area contributed by atoms with Gasteiger partial charge in [0.15, 0.2) is 17.2 Å². The second-order valence-corrected chi connectivity index (χ2v) is 6.89. The number of hydrogen-bond acceptors (Lipinski definition) is 5. The first kappa shape index (κ1) is 19.5. The van der Waals surface area contributed by atoms with Crippen LogP contribution in [0.3, 0.4) is 0 Å². The van der Waals surface area contributed by atoms with E-state index in [2.05, 4.69) is 4.99 Å². The molecule has 0 saturated carbocycles. The van der Waals surface area contributed by atoms with Gasteiger partial charge >= 0.3 is 5.97 Å². The van der Waals surface area contributed by atoms with Crippen LogP contribution < -0.4 is 9.47 Å². The summed E-state index contributed by atoms with van der Waals surface area (Å²) in [6.45, 7) is 2.44. The predicted molar refractivity (Wildman–Crippen MR) is 116 cm³/mol. The van der Waals surface area contributed by atoms with Crippen LogP contribution in [0.5, 0.6) is 11.5 Å². The molecule has 1 aliphatic rings. The Bertz CT molecular complexity index is 1120. The third-order valence-corrected chi connectivity index (χ3v) is 4.65. The highest BCUT2D eigenvalue weighted by molar-refractivity contribution is 6.12. The zero-order valence-electron chi connectivity index (χ0n) is 16.8. The van der Waals surface area contributed by atoms with Crippen LogP contribution in [0, 0.1) is 6.92 Å². The average Bonchev–Trinajstić information content (AvgIpc) is 3.14. The van der Waals surface area contributed by atoms with E-state index in [4.69, 9.17) is 14.2 Å². The number of esters is 1. The minimum Gasteiger partial charge on any atom is -0.493 e. The topological polar surface area (TPSA) is 57.1 Å². The Balaban J connectivity index is 1.54. The standard InChI is InChI=1S/C25H21NO4/c1-17-8-11-20(12-9-17)24-26-21(25(27)30-24)14-19-10-13-22(23(15-19)28-2)29-16-18-6-4-3-5-7-18/h3-15H,16H2,1-2H3/b21-14-. The van der Waals surface area contributed by atoms with Crippen molar-refractivity contribution in [2.75, 3.05) is 7.11 Å². The fourth-order valence-electron chi connectivity index (χ4n) is 3.02. The minimum absolute atomic E-state index is 0.241. The predicted octanol–water partition coefficient (Wildman–Crippen LogP) is 4.93. The molecule has 0 spiro atoms. The molecule has 0 unspecified atom stereocenters. The first-order chi connectivity index (χ1) is 14.6. The Morgan fingerprint density at radius 1 is 0.967 bits per heavy atom. The Labute approximate surface area is 175 Å². The lowest BCUT2D eigenvalue weighted by Gasteiger charge is -2.11. The lowest BCUT2D eigenvalue weighted by Crippen LogP contribution is -2.05. The molecular formula is C25H21NO4. The van der Waals surface area contributed by atoms with E-state index in [0.717, 1.165) is 22.3 Å². The molecule has 1 aliphatic heterocycles. The van der Waals surface area contributed by atoms with Crippen LogP contribution in [0.1, 0.15) is 22.3 Å². The summed E-state index contributed by atoms with van der Waals surface area (Å²) in [7, 11) is 1.58. The van der Waals surface area contributed by atoms with Gasteiger partial charge in [-0.05, 0) is 48.4 Å². The maximum Gasteiger partial charge on any atom is 0.363 e. The molecule has 0 bridgehead atoms. The Morgan fingerprint density at radius 2 is 1.73 bits per heavy atom. The summed E-state index contributed by atoms with van der Waals surface area (Å²) in [5, 5.41) is 0. The van der Waals surface area contributed by atoms with Crippen molar-refractivity contribution in [2.45, 2.75) is 13.5 Å². The van der Waals surface area contributed by atoms with Gasteiger partial charge in [-0.2, -0.15) is 0 Å². The number of aliphatic imine (C=N–C) groups is 1. The van der Waals surface area contributed by atoms with Crippen LogP contribution in [0.2, 0.25) is 0 Å². The van der Waals surface area contributed by atoms with Crippen LogP contribution in [0.4, 0.5) is 0 Å². The quantitative estimate of drug-likeness (QED) is 0.436. The van der Waals surface area contributed by atoms with Gasteiger partial charge in [0.25, 0.3) is 0 Å². The molecule has 0 radical (unpaired) electrons. The Kier molecular flexibility index (Phi) is 5.61. The van der Waals surface area contributed by atoms with Crippen molar-refractivity contribution < 1.29 is 19.0 Å².